The van der Waals surface area contributed by atoms with Gasteiger partial charge in [0.15, 0.2) is 17.2 Å². The van der Waals surface area contributed by atoms with E-state index in [4.69, 9.17) is 14.2 Å². The van der Waals surface area contributed by atoms with Gasteiger partial charge in [-0.2, -0.15) is 0 Å². The summed E-state index contributed by atoms with van der Waals surface area (Å²) in [5.41, 5.74) is 1.30. The van der Waals surface area contributed by atoms with Crippen molar-refractivity contribution in [1.29, 1.82) is 0 Å². The van der Waals surface area contributed by atoms with E-state index in [0.717, 1.165) is 5.56 Å². The maximum absolute atomic E-state index is 13.6. The minimum atomic E-state index is -0.908. The molecule has 4 atom stereocenters. The van der Waals surface area contributed by atoms with Gasteiger partial charge >= 0.3 is 0 Å². The van der Waals surface area contributed by atoms with Gasteiger partial charge in [-0.05, 0) is 24.6 Å². The number of hydrogen-bond donors (Lipinski definition) is 3. The largest absolute Gasteiger partial charge is 0.493 e. The van der Waals surface area contributed by atoms with Crippen molar-refractivity contribution in [2.45, 2.75) is 31.3 Å². The molecule has 0 aromatic heterocycles. The molecule has 9 nitrogen and oxygen atoms in total. The molecular weight excluding hydrogens is 414 g/mol. The van der Waals surface area contributed by atoms with Crippen molar-refractivity contribution in [3.63, 3.8) is 0 Å². The standard InChI is InChI=1S/C23H27N3O6/c1-11-18(24-8-12-5-6-15(30-2)16(7-12)31-3)21(29)17-13(10-27)23(32-4)22-14(25-22)9-26(23)19(17)20(11)28/h5-7,13-14,22,24-25,27H,8-10H2,1-4H3. The van der Waals surface area contributed by atoms with Crippen LogP contribution in [-0.2, 0) is 20.9 Å². The topological polar surface area (TPSA) is 119 Å². The van der Waals surface area contributed by atoms with Gasteiger partial charge in [0.1, 0.15) is 0 Å². The summed E-state index contributed by atoms with van der Waals surface area (Å²) in [7, 11) is 4.70. The molecule has 3 aliphatic heterocycles. The average molecular weight is 441 g/mol. The molecule has 0 radical (unpaired) electrons. The molecule has 4 aliphatic rings. The molecule has 2 fully saturated rings. The summed E-state index contributed by atoms with van der Waals surface area (Å²) in [6.07, 6.45) is 0. The van der Waals surface area contributed by atoms with Crippen LogP contribution < -0.4 is 20.1 Å². The Morgan fingerprint density at radius 2 is 1.94 bits per heavy atom. The van der Waals surface area contributed by atoms with E-state index in [1.807, 2.05) is 17.0 Å². The number of methoxy groups -OCH3 is 3. The number of carbonyl (C=O) groups excluding carboxylic acids is 2. The summed E-state index contributed by atoms with van der Waals surface area (Å²) < 4.78 is 16.5. The zero-order valence-corrected chi connectivity index (χ0v) is 18.5. The molecule has 9 heteroatoms. The fourth-order valence-corrected chi connectivity index (χ4v) is 5.54. The van der Waals surface area contributed by atoms with Crippen LogP contribution in [0.15, 0.2) is 40.7 Å². The molecule has 2 saturated heterocycles. The van der Waals surface area contributed by atoms with Crippen molar-refractivity contribution in [3.05, 3.63) is 46.3 Å². The molecule has 5 rings (SSSR count). The summed E-state index contributed by atoms with van der Waals surface area (Å²) in [6.45, 7) is 2.28. The smallest absolute Gasteiger partial charge is 0.208 e. The Morgan fingerprint density at radius 1 is 1.19 bits per heavy atom. The number of Topliss-reactive ketones (excluding diaryl/α,β-unsaturated/α-hetero) is 2. The van der Waals surface area contributed by atoms with E-state index in [9.17, 15) is 14.7 Å². The van der Waals surface area contributed by atoms with Crippen LogP contribution in [0.1, 0.15) is 12.5 Å². The molecule has 0 amide bonds. The third kappa shape index (κ3) is 2.61. The van der Waals surface area contributed by atoms with Crippen LogP contribution in [0.3, 0.4) is 0 Å². The fourth-order valence-electron chi connectivity index (χ4n) is 5.54. The zero-order valence-electron chi connectivity index (χ0n) is 18.5. The third-order valence-electron chi connectivity index (χ3n) is 7.14. The number of ketones is 2. The first-order valence-corrected chi connectivity index (χ1v) is 10.6. The lowest BCUT2D eigenvalue weighted by Crippen LogP contribution is -2.54. The second-order valence-electron chi connectivity index (χ2n) is 8.52. The van der Waals surface area contributed by atoms with Gasteiger partial charge in [0.2, 0.25) is 11.6 Å². The van der Waals surface area contributed by atoms with Gasteiger partial charge in [-0.3, -0.25) is 9.59 Å². The number of carbonyl (C=O) groups is 2. The summed E-state index contributed by atoms with van der Waals surface area (Å²) in [6, 6.07) is 5.67. The number of ether oxygens (including phenoxy) is 3. The van der Waals surface area contributed by atoms with E-state index >= 15 is 0 Å². The number of fused-ring (bicyclic) bond motifs is 4. The average Bonchev–Trinajstić information content (AvgIpc) is 3.42. The highest BCUT2D eigenvalue weighted by Crippen LogP contribution is 2.55. The van der Waals surface area contributed by atoms with Gasteiger partial charge in [0.05, 0.1) is 44.2 Å². The highest BCUT2D eigenvalue weighted by atomic mass is 16.5. The number of piperazine rings is 1. The maximum atomic E-state index is 13.6. The maximum Gasteiger partial charge on any atom is 0.208 e. The molecule has 0 saturated carbocycles. The Balaban J connectivity index is 1.45. The van der Waals surface area contributed by atoms with Crippen LogP contribution in [0.4, 0.5) is 0 Å². The van der Waals surface area contributed by atoms with Gasteiger partial charge in [-0.1, -0.05) is 6.07 Å². The lowest BCUT2D eigenvalue weighted by atomic mass is 9.82. The van der Waals surface area contributed by atoms with Crippen LogP contribution in [0, 0.1) is 5.92 Å². The predicted molar refractivity (Wildman–Crippen MR) is 114 cm³/mol. The Kier molecular flexibility index (Phi) is 4.81. The summed E-state index contributed by atoms with van der Waals surface area (Å²) in [4.78, 5) is 28.9. The van der Waals surface area contributed by atoms with Gasteiger partial charge in [0.25, 0.3) is 0 Å². The summed E-state index contributed by atoms with van der Waals surface area (Å²) in [5.74, 6) is 0.126. The van der Waals surface area contributed by atoms with Crippen LogP contribution >= 0.6 is 0 Å². The van der Waals surface area contributed by atoms with Crippen molar-refractivity contribution < 1.29 is 28.9 Å². The van der Waals surface area contributed by atoms with E-state index in [1.54, 1.807) is 34.3 Å². The number of allylic oxidation sites excluding steroid dienone is 2. The molecule has 0 spiro atoms. The van der Waals surface area contributed by atoms with E-state index < -0.39 is 11.6 Å². The van der Waals surface area contributed by atoms with E-state index in [-0.39, 0.29) is 36.0 Å². The van der Waals surface area contributed by atoms with Gasteiger partial charge in [-0.25, -0.2) is 0 Å². The second kappa shape index (κ2) is 7.33. The molecule has 170 valence electrons. The zero-order chi connectivity index (χ0) is 22.8. The lowest BCUT2D eigenvalue weighted by molar-refractivity contribution is -0.137. The minimum Gasteiger partial charge on any atom is -0.493 e. The Hall–Kier alpha value is -2.88. The molecule has 3 N–H and O–H groups in total. The van der Waals surface area contributed by atoms with E-state index in [1.165, 1.54) is 0 Å². The van der Waals surface area contributed by atoms with Crippen molar-refractivity contribution in [3.8, 4) is 11.5 Å². The van der Waals surface area contributed by atoms with Gasteiger partial charge in [-0.15, -0.1) is 0 Å². The van der Waals surface area contributed by atoms with Crippen LogP contribution in [-0.4, -0.2) is 73.9 Å². The number of nitrogens with one attached hydrogen (secondary N) is 2. The molecule has 32 heavy (non-hydrogen) atoms. The molecule has 1 aliphatic carbocycles. The minimum absolute atomic E-state index is 0.0145. The molecule has 4 unspecified atom stereocenters. The number of benzene rings is 1. The van der Waals surface area contributed by atoms with Crippen LogP contribution in [0.2, 0.25) is 0 Å². The normalized spacial score (nSPS) is 30.4. The van der Waals surface area contributed by atoms with Crippen molar-refractivity contribution >= 4 is 11.6 Å². The van der Waals surface area contributed by atoms with Gasteiger partial charge < -0.3 is 34.9 Å². The van der Waals surface area contributed by atoms with Crippen molar-refractivity contribution in [1.82, 2.24) is 15.5 Å². The van der Waals surface area contributed by atoms with Crippen LogP contribution in [0.25, 0.3) is 0 Å². The van der Waals surface area contributed by atoms with Crippen molar-refractivity contribution in [2.24, 2.45) is 5.92 Å². The number of hydrogen-bond acceptors (Lipinski definition) is 9. The summed E-state index contributed by atoms with van der Waals surface area (Å²) >= 11 is 0. The number of rotatable bonds is 7. The molecule has 0 bridgehead atoms. The van der Waals surface area contributed by atoms with E-state index in [2.05, 4.69) is 10.6 Å². The molecule has 1 aromatic carbocycles. The first kappa shape index (κ1) is 21.0. The first-order chi connectivity index (χ1) is 15.4. The SMILES string of the molecule is COc1ccc(CNC2=C(C)C(=O)C3=C(C2=O)C(CO)C2(OC)C4NC4CN32)cc1OC. The fraction of sp³-hybridized carbons (Fsp3) is 0.478. The quantitative estimate of drug-likeness (QED) is 0.400. The molecular formula is C23H27N3O6. The predicted octanol–water partition coefficient (Wildman–Crippen LogP) is 0.0941. The summed E-state index contributed by atoms with van der Waals surface area (Å²) in [5, 5.41) is 16.8. The van der Waals surface area contributed by atoms with Gasteiger partial charge in [0, 0.05) is 37.4 Å². The monoisotopic (exact) mass is 441 g/mol. The second-order valence-corrected chi connectivity index (χ2v) is 8.52. The number of nitrogens with zero attached hydrogens (tertiary/aromatic N) is 1. The first-order valence-electron chi connectivity index (χ1n) is 10.6. The number of aliphatic hydroxyl groups excluding tert-OH is 1. The van der Waals surface area contributed by atoms with E-state index in [0.29, 0.717) is 41.4 Å². The highest BCUT2D eigenvalue weighted by molar-refractivity contribution is 6.25. The Labute approximate surface area is 186 Å². The molecule has 3 heterocycles. The van der Waals surface area contributed by atoms with Crippen molar-refractivity contribution in [2.75, 3.05) is 34.5 Å². The highest BCUT2D eigenvalue weighted by Gasteiger charge is 2.72. The number of aliphatic hydroxyl groups is 1. The lowest BCUT2D eigenvalue weighted by Gasteiger charge is -2.39. The van der Waals surface area contributed by atoms with Crippen LogP contribution in [0.5, 0.6) is 11.5 Å². The Bertz CT molecular complexity index is 1080. The molecule has 1 aromatic rings. The Morgan fingerprint density at radius 3 is 2.59 bits per heavy atom. The third-order valence-corrected chi connectivity index (χ3v) is 7.14.